The van der Waals surface area contributed by atoms with E-state index in [0.717, 1.165) is 17.3 Å². The van der Waals surface area contributed by atoms with Crippen molar-refractivity contribution in [3.05, 3.63) is 64.7 Å². The highest BCUT2D eigenvalue weighted by Gasteiger charge is 2.41. The molecule has 4 nitrogen and oxygen atoms in total. The van der Waals surface area contributed by atoms with Gasteiger partial charge < -0.3 is 10.6 Å². The summed E-state index contributed by atoms with van der Waals surface area (Å²) in [5.74, 6) is -0.0947. The molecule has 2 aliphatic heterocycles. The number of hydrogen-bond acceptors (Lipinski definition) is 3. The number of likely N-dealkylation sites (tertiary alicyclic amines) is 1. The molecule has 0 unspecified atom stereocenters. The molecule has 2 aliphatic rings. The van der Waals surface area contributed by atoms with Crippen LogP contribution in [0.5, 0.6) is 0 Å². The van der Waals surface area contributed by atoms with Gasteiger partial charge >= 0.3 is 6.18 Å². The van der Waals surface area contributed by atoms with Crippen molar-refractivity contribution < 1.29 is 18.0 Å². The van der Waals surface area contributed by atoms with Gasteiger partial charge in [0.25, 0.3) is 5.91 Å². The molecule has 0 radical (unpaired) electrons. The van der Waals surface area contributed by atoms with Crippen molar-refractivity contribution in [3.63, 3.8) is 0 Å². The summed E-state index contributed by atoms with van der Waals surface area (Å²) in [5.41, 5.74) is 1.56. The van der Waals surface area contributed by atoms with E-state index in [1.807, 2.05) is 30.0 Å². The van der Waals surface area contributed by atoms with Gasteiger partial charge in [-0.25, -0.2) is 0 Å². The standard InChI is InChI=1S/C21H22F3N3O/c1-14-5-4-8-17-18(14)19(28)26-20(25-17)9-11-27(12-10-20)13-15-6-2-3-7-16(15)21(22,23)24/h2-8,25H,9-13H2,1H3,(H,26,28). The van der Waals surface area contributed by atoms with Crippen LogP contribution in [0.3, 0.4) is 0 Å². The Hall–Kier alpha value is -2.54. The molecule has 148 valence electrons. The monoisotopic (exact) mass is 389 g/mol. The van der Waals surface area contributed by atoms with Gasteiger partial charge in [0.15, 0.2) is 0 Å². The topological polar surface area (TPSA) is 44.4 Å². The van der Waals surface area contributed by atoms with Crippen molar-refractivity contribution in [2.24, 2.45) is 0 Å². The second-order valence-corrected chi connectivity index (χ2v) is 7.59. The number of fused-ring (bicyclic) bond motifs is 1. The number of hydrogen-bond donors (Lipinski definition) is 2. The molecule has 1 amide bonds. The molecule has 28 heavy (non-hydrogen) atoms. The van der Waals surface area contributed by atoms with Gasteiger partial charge in [-0.3, -0.25) is 9.69 Å². The summed E-state index contributed by atoms with van der Waals surface area (Å²) >= 11 is 0. The molecular weight excluding hydrogens is 367 g/mol. The first-order valence-corrected chi connectivity index (χ1v) is 9.35. The fraction of sp³-hybridized carbons (Fsp3) is 0.381. The number of piperidine rings is 1. The minimum absolute atomic E-state index is 0.0947. The Morgan fingerprint density at radius 1 is 1.04 bits per heavy atom. The summed E-state index contributed by atoms with van der Waals surface area (Å²) < 4.78 is 39.7. The maximum Gasteiger partial charge on any atom is 0.416 e. The van der Waals surface area contributed by atoms with Crippen LogP contribution in [-0.2, 0) is 12.7 Å². The molecule has 4 rings (SSSR count). The lowest BCUT2D eigenvalue weighted by molar-refractivity contribution is -0.138. The smallest absolute Gasteiger partial charge is 0.362 e. The lowest BCUT2D eigenvalue weighted by Gasteiger charge is -2.46. The zero-order valence-electron chi connectivity index (χ0n) is 15.6. The van der Waals surface area contributed by atoms with Gasteiger partial charge in [0.05, 0.1) is 11.1 Å². The number of amides is 1. The Bertz CT molecular complexity index is 902. The molecule has 0 bridgehead atoms. The third-order valence-electron chi connectivity index (χ3n) is 5.65. The number of aryl methyl sites for hydroxylation is 1. The second-order valence-electron chi connectivity index (χ2n) is 7.59. The number of anilines is 1. The molecule has 0 aromatic heterocycles. The zero-order chi connectivity index (χ0) is 19.9. The van der Waals surface area contributed by atoms with Crippen LogP contribution in [-0.4, -0.2) is 29.6 Å². The number of nitrogens with one attached hydrogen (secondary N) is 2. The molecule has 0 aliphatic carbocycles. The number of nitrogens with zero attached hydrogens (tertiary/aromatic N) is 1. The van der Waals surface area contributed by atoms with E-state index >= 15 is 0 Å². The Morgan fingerprint density at radius 2 is 1.75 bits per heavy atom. The van der Waals surface area contributed by atoms with Gasteiger partial charge in [0, 0.05) is 38.2 Å². The van der Waals surface area contributed by atoms with Crippen LogP contribution < -0.4 is 10.6 Å². The Labute approximate surface area is 161 Å². The zero-order valence-corrected chi connectivity index (χ0v) is 15.6. The molecule has 2 aromatic rings. The number of halogens is 3. The Morgan fingerprint density at radius 3 is 2.46 bits per heavy atom. The predicted octanol–water partition coefficient (Wildman–Crippen LogP) is 4.16. The molecule has 1 fully saturated rings. The van der Waals surface area contributed by atoms with Crippen LogP contribution in [0.2, 0.25) is 0 Å². The van der Waals surface area contributed by atoms with Gasteiger partial charge in [-0.2, -0.15) is 13.2 Å². The predicted molar refractivity (Wildman–Crippen MR) is 101 cm³/mol. The van der Waals surface area contributed by atoms with E-state index in [4.69, 9.17) is 0 Å². The van der Waals surface area contributed by atoms with E-state index < -0.39 is 17.4 Å². The van der Waals surface area contributed by atoms with Crippen molar-refractivity contribution in [2.45, 2.75) is 38.1 Å². The third kappa shape index (κ3) is 3.46. The van der Waals surface area contributed by atoms with Crippen molar-refractivity contribution in [1.82, 2.24) is 10.2 Å². The highest BCUT2D eigenvalue weighted by Crippen LogP contribution is 2.35. The highest BCUT2D eigenvalue weighted by atomic mass is 19.4. The van der Waals surface area contributed by atoms with E-state index in [-0.39, 0.29) is 18.0 Å². The maximum atomic E-state index is 13.2. The molecular formula is C21H22F3N3O. The Kier molecular flexibility index (Phi) is 4.57. The second kappa shape index (κ2) is 6.81. The molecule has 2 aromatic carbocycles. The number of carbonyl (C=O) groups excluding carboxylic acids is 1. The molecule has 2 N–H and O–H groups in total. The van der Waals surface area contributed by atoms with Crippen LogP contribution in [0, 0.1) is 6.92 Å². The quantitative estimate of drug-likeness (QED) is 0.811. The van der Waals surface area contributed by atoms with Crippen molar-refractivity contribution in [1.29, 1.82) is 0 Å². The van der Waals surface area contributed by atoms with Gasteiger partial charge in [-0.05, 0) is 30.2 Å². The minimum Gasteiger partial charge on any atom is -0.362 e. The van der Waals surface area contributed by atoms with E-state index in [0.29, 0.717) is 31.5 Å². The first kappa shape index (κ1) is 18.8. The Balaban J connectivity index is 1.47. The number of rotatable bonds is 2. The lowest BCUT2D eigenvalue weighted by atomic mass is 9.91. The maximum absolute atomic E-state index is 13.2. The van der Waals surface area contributed by atoms with Crippen LogP contribution in [0.4, 0.5) is 18.9 Å². The summed E-state index contributed by atoms with van der Waals surface area (Å²) in [6.45, 7) is 3.34. The fourth-order valence-corrected chi connectivity index (χ4v) is 4.16. The molecule has 2 heterocycles. The van der Waals surface area contributed by atoms with Crippen molar-refractivity contribution >= 4 is 11.6 Å². The third-order valence-corrected chi connectivity index (χ3v) is 5.65. The summed E-state index contributed by atoms with van der Waals surface area (Å²) in [5, 5.41) is 6.56. The van der Waals surface area contributed by atoms with Crippen LogP contribution in [0.15, 0.2) is 42.5 Å². The van der Waals surface area contributed by atoms with Gasteiger partial charge in [0.1, 0.15) is 5.66 Å². The molecule has 1 saturated heterocycles. The SMILES string of the molecule is Cc1cccc2c1C(=O)NC1(CCN(Cc3ccccc3C(F)(F)F)CC1)N2. The van der Waals surface area contributed by atoms with Crippen LogP contribution in [0.1, 0.15) is 39.9 Å². The van der Waals surface area contributed by atoms with E-state index in [9.17, 15) is 18.0 Å². The van der Waals surface area contributed by atoms with E-state index in [1.165, 1.54) is 12.1 Å². The summed E-state index contributed by atoms with van der Waals surface area (Å²) in [6, 6.07) is 11.4. The van der Waals surface area contributed by atoms with Gasteiger partial charge in [-0.1, -0.05) is 30.3 Å². The van der Waals surface area contributed by atoms with Crippen molar-refractivity contribution in [3.8, 4) is 0 Å². The number of carbonyl (C=O) groups is 1. The number of benzene rings is 2. The largest absolute Gasteiger partial charge is 0.416 e. The molecule has 1 spiro atoms. The molecule has 0 atom stereocenters. The van der Waals surface area contributed by atoms with Crippen LogP contribution in [0.25, 0.3) is 0 Å². The normalized spacial score (nSPS) is 19.1. The fourth-order valence-electron chi connectivity index (χ4n) is 4.16. The molecule has 7 heteroatoms. The number of alkyl halides is 3. The highest BCUT2D eigenvalue weighted by molar-refractivity contribution is 6.03. The van der Waals surface area contributed by atoms with Gasteiger partial charge in [0.2, 0.25) is 0 Å². The van der Waals surface area contributed by atoms with E-state index in [2.05, 4.69) is 10.6 Å². The van der Waals surface area contributed by atoms with Crippen molar-refractivity contribution in [2.75, 3.05) is 18.4 Å². The first-order valence-electron chi connectivity index (χ1n) is 9.35. The van der Waals surface area contributed by atoms with Crippen LogP contribution >= 0.6 is 0 Å². The average Bonchev–Trinajstić information content (AvgIpc) is 2.63. The summed E-state index contributed by atoms with van der Waals surface area (Å²) in [4.78, 5) is 14.6. The summed E-state index contributed by atoms with van der Waals surface area (Å²) in [6.07, 6.45) is -3.10. The van der Waals surface area contributed by atoms with E-state index in [1.54, 1.807) is 6.07 Å². The first-order chi connectivity index (χ1) is 13.3. The molecule has 0 saturated carbocycles. The lowest BCUT2D eigenvalue weighted by Crippen LogP contribution is -2.62. The average molecular weight is 389 g/mol. The minimum atomic E-state index is -4.35. The summed E-state index contributed by atoms with van der Waals surface area (Å²) in [7, 11) is 0. The van der Waals surface area contributed by atoms with Gasteiger partial charge in [-0.15, -0.1) is 0 Å².